The van der Waals surface area contributed by atoms with E-state index in [2.05, 4.69) is 17.2 Å². The van der Waals surface area contributed by atoms with Crippen LogP contribution in [0.1, 0.15) is 41.0 Å². The average molecular weight is 310 g/mol. The van der Waals surface area contributed by atoms with Gasteiger partial charge in [0.25, 0.3) is 0 Å². The van der Waals surface area contributed by atoms with Crippen LogP contribution in [-0.4, -0.2) is 34.4 Å². The van der Waals surface area contributed by atoms with E-state index in [0.717, 1.165) is 4.90 Å². The van der Waals surface area contributed by atoms with Crippen LogP contribution in [0.15, 0.2) is 29.4 Å². The molecule has 0 aromatic carbocycles. The van der Waals surface area contributed by atoms with Crippen LogP contribution in [0.5, 0.6) is 0 Å². The fourth-order valence-corrected chi connectivity index (χ4v) is 3.55. The normalized spacial score (nSPS) is 15.5. The second kappa shape index (κ2) is 8.39. The molecule has 0 bridgehead atoms. The predicted molar refractivity (Wildman–Crippen MR) is 87.5 cm³/mol. The lowest BCUT2D eigenvalue weighted by Gasteiger charge is -2.32. The molecule has 1 N–H and O–H groups in total. The highest BCUT2D eigenvalue weighted by molar-refractivity contribution is 7.99. The third-order valence-corrected chi connectivity index (χ3v) is 4.13. The fraction of sp³-hybridized carbons (Fsp3) is 0.625. The molecule has 1 aromatic heterocycles. The summed E-state index contributed by atoms with van der Waals surface area (Å²) in [5.41, 5.74) is -0.663. The minimum Gasteiger partial charge on any atom is -0.465 e. The molecule has 0 saturated carbocycles. The van der Waals surface area contributed by atoms with Crippen molar-refractivity contribution >= 4 is 17.7 Å². The molecule has 0 radical (unpaired) electrons. The van der Waals surface area contributed by atoms with Gasteiger partial charge in [-0.1, -0.05) is 6.92 Å². The number of nitrogens with zero attached hydrogens (tertiary/aromatic N) is 1. The first-order valence-electron chi connectivity index (χ1n) is 7.39. The summed E-state index contributed by atoms with van der Waals surface area (Å²) < 4.78 is 5.24. The lowest BCUT2D eigenvalue weighted by Crippen LogP contribution is -2.54. The molecule has 2 unspecified atom stereocenters. The molecule has 2 atom stereocenters. The molecule has 0 fully saturated rings. The number of aromatic nitrogens is 1. The standard InChI is InChI=1S/C16H26N2O2S/c1-6-20-15(19)16(5,18-12(2)3)11-13(4)21-14-7-9-17-10-8-14/h7-10,12-13,18H,6,11H2,1-5H3. The summed E-state index contributed by atoms with van der Waals surface area (Å²) in [5, 5.41) is 3.64. The summed E-state index contributed by atoms with van der Waals surface area (Å²) in [6, 6.07) is 4.19. The zero-order valence-electron chi connectivity index (χ0n) is 13.6. The van der Waals surface area contributed by atoms with Crippen molar-refractivity contribution in [3.63, 3.8) is 0 Å². The Morgan fingerprint density at radius 2 is 2.00 bits per heavy atom. The van der Waals surface area contributed by atoms with Crippen LogP contribution in [0.2, 0.25) is 0 Å². The molecule has 1 heterocycles. The quantitative estimate of drug-likeness (QED) is 0.590. The predicted octanol–water partition coefficient (Wildman–Crippen LogP) is 3.27. The molecule has 1 rings (SSSR count). The number of thioether (sulfide) groups is 1. The van der Waals surface area contributed by atoms with Crippen LogP contribution in [0.25, 0.3) is 0 Å². The van der Waals surface area contributed by atoms with E-state index in [1.54, 1.807) is 24.2 Å². The molecule has 118 valence electrons. The molecule has 4 nitrogen and oxygen atoms in total. The summed E-state index contributed by atoms with van der Waals surface area (Å²) in [5.74, 6) is -0.180. The highest BCUT2D eigenvalue weighted by atomic mass is 32.2. The van der Waals surface area contributed by atoms with Crippen LogP contribution in [-0.2, 0) is 9.53 Å². The maximum atomic E-state index is 12.3. The Bertz CT molecular complexity index is 439. The van der Waals surface area contributed by atoms with Gasteiger partial charge in [-0.05, 0) is 46.2 Å². The van der Waals surface area contributed by atoms with Gasteiger partial charge in [-0.2, -0.15) is 0 Å². The van der Waals surface area contributed by atoms with E-state index in [0.29, 0.717) is 13.0 Å². The molecule has 0 aliphatic carbocycles. The number of hydrogen-bond donors (Lipinski definition) is 1. The summed E-state index contributed by atoms with van der Waals surface area (Å²) in [6.07, 6.45) is 4.27. The van der Waals surface area contributed by atoms with Gasteiger partial charge in [0.15, 0.2) is 0 Å². The number of carbonyl (C=O) groups excluding carboxylic acids is 1. The van der Waals surface area contributed by atoms with Crippen molar-refractivity contribution in [2.24, 2.45) is 0 Å². The van der Waals surface area contributed by atoms with Gasteiger partial charge in [0, 0.05) is 28.6 Å². The summed E-state index contributed by atoms with van der Waals surface area (Å²) in [6.45, 7) is 10.4. The number of hydrogen-bond acceptors (Lipinski definition) is 5. The first-order chi connectivity index (χ1) is 9.87. The third-order valence-electron chi connectivity index (χ3n) is 3.02. The molecule has 21 heavy (non-hydrogen) atoms. The van der Waals surface area contributed by atoms with E-state index in [1.165, 1.54) is 0 Å². The first kappa shape index (κ1) is 18.0. The van der Waals surface area contributed by atoms with Crippen molar-refractivity contribution in [2.75, 3.05) is 6.61 Å². The van der Waals surface area contributed by atoms with Crippen molar-refractivity contribution in [2.45, 2.75) is 62.8 Å². The van der Waals surface area contributed by atoms with E-state index in [1.807, 2.05) is 39.8 Å². The van der Waals surface area contributed by atoms with Crippen molar-refractivity contribution in [3.8, 4) is 0 Å². The van der Waals surface area contributed by atoms with Gasteiger partial charge >= 0.3 is 5.97 Å². The Hall–Kier alpha value is -1.07. The fourth-order valence-electron chi connectivity index (χ4n) is 2.39. The van der Waals surface area contributed by atoms with Crippen LogP contribution < -0.4 is 5.32 Å². The second-order valence-corrected chi connectivity index (χ2v) is 7.18. The maximum Gasteiger partial charge on any atom is 0.326 e. The summed E-state index contributed by atoms with van der Waals surface area (Å²) in [4.78, 5) is 17.5. The molecule has 0 amide bonds. The average Bonchev–Trinajstić information content (AvgIpc) is 2.38. The van der Waals surface area contributed by atoms with Crippen molar-refractivity contribution in [1.29, 1.82) is 0 Å². The van der Waals surface area contributed by atoms with Crippen LogP contribution in [0.3, 0.4) is 0 Å². The monoisotopic (exact) mass is 310 g/mol. The number of nitrogens with one attached hydrogen (secondary N) is 1. The molecular formula is C16H26N2O2S. The number of esters is 1. The minimum absolute atomic E-state index is 0.180. The Balaban J connectivity index is 2.73. The van der Waals surface area contributed by atoms with Crippen LogP contribution in [0, 0.1) is 0 Å². The van der Waals surface area contributed by atoms with E-state index in [-0.39, 0.29) is 17.3 Å². The van der Waals surface area contributed by atoms with E-state index in [9.17, 15) is 4.79 Å². The minimum atomic E-state index is -0.663. The summed E-state index contributed by atoms with van der Waals surface area (Å²) in [7, 11) is 0. The lowest BCUT2D eigenvalue weighted by atomic mass is 9.95. The lowest BCUT2D eigenvalue weighted by molar-refractivity contribution is -0.151. The zero-order chi connectivity index (χ0) is 15.9. The van der Waals surface area contributed by atoms with Gasteiger partial charge in [0.1, 0.15) is 5.54 Å². The molecule has 0 aliphatic heterocycles. The van der Waals surface area contributed by atoms with Gasteiger partial charge in [-0.15, -0.1) is 11.8 Å². The van der Waals surface area contributed by atoms with Gasteiger partial charge in [0.05, 0.1) is 6.61 Å². The second-order valence-electron chi connectivity index (χ2n) is 5.67. The number of rotatable bonds is 8. The van der Waals surface area contributed by atoms with Crippen molar-refractivity contribution < 1.29 is 9.53 Å². The Kier molecular flexibility index (Phi) is 7.18. The number of pyridine rings is 1. The Labute approximate surface area is 132 Å². The highest BCUT2D eigenvalue weighted by Crippen LogP contribution is 2.29. The van der Waals surface area contributed by atoms with Crippen molar-refractivity contribution in [3.05, 3.63) is 24.5 Å². The van der Waals surface area contributed by atoms with Gasteiger partial charge in [0.2, 0.25) is 0 Å². The van der Waals surface area contributed by atoms with Crippen LogP contribution in [0.4, 0.5) is 0 Å². The SMILES string of the molecule is CCOC(=O)C(C)(CC(C)Sc1ccncc1)NC(C)C. The molecule has 0 saturated heterocycles. The van der Waals surface area contributed by atoms with Crippen molar-refractivity contribution in [1.82, 2.24) is 10.3 Å². The topological polar surface area (TPSA) is 51.2 Å². The third kappa shape index (κ3) is 6.06. The zero-order valence-corrected chi connectivity index (χ0v) is 14.4. The van der Waals surface area contributed by atoms with Crippen LogP contribution >= 0.6 is 11.8 Å². The molecule has 0 aliphatic rings. The van der Waals surface area contributed by atoms with E-state index >= 15 is 0 Å². The van der Waals surface area contributed by atoms with Gasteiger partial charge in [-0.25, -0.2) is 0 Å². The molecule has 0 spiro atoms. The summed E-state index contributed by atoms with van der Waals surface area (Å²) >= 11 is 1.75. The Morgan fingerprint density at radius 3 is 2.52 bits per heavy atom. The first-order valence-corrected chi connectivity index (χ1v) is 8.27. The Morgan fingerprint density at radius 1 is 1.38 bits per heavy atom. The number of ether oxygens (including phenoxy) is 1. The maximum absolute atomic E-state index is 12.3. The molecular weight excluding hydrogens is 284 g/mol. The van der Waals surface area contributed by atoms with E-state index < -0.39 is 5.54 Å². The largest absolute Gasteiger partial charge is 0.465 e. The molecule has 1 aromatic rings. The van der Waals surface area contributed by atoms with Gasteiger partial charge < -0.3 is 4.74 Å². The molecule has 5 heteroatoms. The number of carbonyl (C=O) groups is 1. The highest BCUT2D eigenvalue weighted by Gasteiger charge is 2.36. The smallest absolute Gasteiger partial charge is 0.326 e. The van der Waals surface area contributed by atoms with E-state index in [4.69, 9.17) is 4.74 Å². The van der Waals surface area contributed by atoms with Gasteiger partial charge in [-0.3, -0.25) is 15.1 Å².